The van der Waals surface area contributed by atoms with E-state index in [4.69, 9.17) is 4.74 Å². The van der Waals surface area contributed by atoms with E-state index in [-0.39, 0.29) is 29.0 Å². The summed E-state index contributed by atoms with van der Waals surface area (Å²) >= 11 is 0. The van der Waals surface area contributed by atoms with Crippen molar-refractivity contribution in [2.75, 3.05) is 0 Å². The molecule has 0 unspecified atom stereocenters. The van der Waals surface area contributed by atoms with E-state index in [1.54, 1.807) is 20.8 Å². The molecule has 1 heterocycles. The SMILES string of the molecule is CC(C)(C)OC(=O)n1cc(-c2ccc(O)cc2F)cc1C(=O)NC1C2CC3CC(C2)CC1C3. The molecular formula is C26H31FN2O4. The van der Waals surface area contributed by atoms with Crippen LogP contribution in [0.1, 0.15) is 63.4 Å². The quantitative estimate of drug-likeness (QED) is 0.656. The van der Waals surface area contributed by atoms with Crippen LogP contribution in [0.2, 0.25) is 0 Å². The van der Waals surface area contributed by atoms with Gasteiger partial charge in [-0.1, -0.05) is 0 Å². The molecule has 0 radical (unpaired) electrons. The minimum absolute atomic E-state index is 0.112. The summed E-state index contributed by atoms with van der Waals surface area (Å²) in [5.74, 6) is 1.38. The number of nitrogens with one attached hydrogen (secondary N) is 1. The molecule has 4 aliphatic carbocycles. The second-order valence-electron chi connectivity index (χ2n) is 11.1. The second kappa shape index (κ2) is 7.89. The van der Waals surface area contributed by atoms with E-state index < -0.39 is 17.5 Å². The molecule has 33 heavy (non-hydrogen) atoms. The van der Waals surface area contributed by atoms with E-state index >= 15 is 0 Å². The topological polar surface area (TPSA) is 80.6 Å². The molecule has 2 N–H and O–H groups in total. The van der Waals surface area contributed by atoms with Gasteiger partial charge in [-0.05, 0) is 94.7 Å². The number of carbonyl (C=O) groups is 2. The van der Waals surface area contributed by atoms with E-state index in [0.717, 1.165) is 48.2 Å². The Hall–Kier alpha value is -2.83. The summed E-state index contributed by atoms with van der Waals surface area (Å²) < 4.78 is 21.2. The Balaban J connectivity index is 1.46. The van der Waals surface area contributed by atoms with E-state index in [1.807, 2.05) is 0 Å². The van der Waals surface area contributed by atoms with Crippen molar-refractivity contribution in [2.24, 2.45) is 23.7 Å². The minimum Gasteiger partial charge on any atom is -0.508 e. The molecule has 4 aliphatic rings. The highest BCUT2D eigenvalue weighted by atomic mass is 19.1. The third kappa shape index (κ3) is 4.25. The zero-order valence-corrected chi connectivity index (χ0v) is 19.3. The molecule has 4 fully saturated rings. The van der Waals surface area contributed by atoms with E-state index in [2.05, 4.69) is 5.32 Å². The average Bonchev–Trinajstić information content (AvgIpc) is 3.14. The van der Waals surface area contributed by atoms with E-state index in [9.17, 15) is 19.1 Å². The van der Waals surface area contributed by atoms with E-state index in [1.165, 1.54) is 30.8 Å². The predicted octanol–water partition coefficient (Wildman–Crippen LogP) is 5.34. The van der Waals surface area contributed by atoms with Crippen molar-refractivity contribution < 1.29 is 23.8 Å². The molecule has 0 spiro atoms. The summed E-state index contributed by atoms with van der Waals surface area (Å²) in [5, 5.41) is 12.8. The molecule has 4 bridgehead atoms. The number of benzene rings is 1. The molecule has 2 aromatic rings. The molecule has 0 saturated heterocycles. The van der Waals surface area contributed by atoms with Crippen LogP contribution in [0.4, 0.5) is 9.18 Å². The molecule has 6 nitrogen and oxygen atoms in total. The highest BCUT2D eigenvalue weighted by molar-refractivity contribution is 5.98. The fourth-order valence-corrected chi connectivity index (χ4v) is 6.37. The lowest BCUT2D eigenvalue weighted by molar-refractivity contribution is -0.0121. The Kier molecular flexibility index (Phi) is 5.26. The van der Waals surface area contributed by atoms with Gasteiger partial charge >= 0.3 is 6.09 Å². The van der Waals surface area contributed by atoms with Crippen molar-refractivity contribution in [3.8, 4) is 16.9 Å². The molecular weight excluding hydrogens is 423 g/mol. The number of halogens is 1. The number of phenolic OH excluding ortho intramolecular Hbond substituents is 1. The highest BCUT2D eigenvalue weighted by Crippen LogP contribution is 2.53. The monoisotopic (exact) mass is 454 g/mol. The number of aromatic hydroxyl groups is 1. The summed E-state index contributed by atoms with van der Waals surface area (Å²) in [6.07, 6.45) is 6.71. The van der Waals surface area contributed by atoms with Crippen LogP contribution in [0.15, 0.2) is 30.5 Å². The number of hydrogen-bond donors (Lipinski definition) is 2. The van der Waals surface area contributed by atoms with Gasteiger partial charge in [-0.15, -0.1) is 0 Å². The Morgan fingerprint density at radius 3 is 2.27 bits per heavy atom. The van der Waals surface area contributed by atoms with Crippen LogP contribution >= 0.6 is 0 Å². The molecule has 0 atom stereocenters. The first kappa shape index (κ1) is 22.0. The van der Waals surface area contributed by atoms with Crippen molar-refractivity contribution in [3.05, 3.63) is 42.0 Å². The maximum Gasteiger partial charge on any atom is 0.419 e. The van der Waals surface area contributed by atoms with Crippen LogP contribution in [0.5, 0.6) is 5.75 Å². The van der Waals surface area contributed by atoms with Crippen LogP contribution < -0.4 is 5.32 Å². The second-order valence-corrected chi connectivity index (χ2v) is 11.1. The standard InChI is InChI=1S/C26H31FN2O4/c1-26(2,3)33-25(32)29-13-18(20-5-4-19(30)12-21(20)27)11-22(29)24(31)28-23-16-7-14-6-15(9-16)10-17(23)8-14/h4-5,11-17,23,30H,6-10H2,1-3H3,(H,28,31). The van der Waals surface area contributed by atoms with Crippen molar-refractivity contribution >= 4 is 12.0 Å². The van der Waals surface area contributed by atoms with Crippen molar-refractivity contribution in [3.63, 3.8) is 0 Å². The van der Waals surface area contributed by atoms with Crippen LogP contribution in [0, 0.1) is 29.5 Å². The number of ether oxygens (including phenoxy) is 1. The third-order valence-corrected chi connectivity index (χ3v) is 7.43. The molecule has 7 heteroatoms. The Bertz CT molecular complexity index is 1070. The summed E-state index contributed by atoms with van der Waals surface area (Å²) in [6, 6.07) is 5.44. The Morgan fingerprint density at radius 2 is 1.70 bits per heavy atom. The predicted molar refractivity (Wildman–Crippen MR) is 121 cm³/mol. The first-order valence-corrected chi connectivity index (χ1v) is 11.8. The van der Waals surface area contributed by atoms with Gasteiger partial charge in [-0.25, -0.2) is 13.8 Å². The lowest BCUT2D eigenvalue weighted by Crippen LogP contribution is -2.56. The first-order chi connectivity index (χ1) is 15.6. The number of phenols is 1. The lowest BCUT2D eigenvalue weighted by Gasteiger charge is -2.54. The van der Waals surface area contributed by atoms with Gasteiger partial charge in [0.25, 0.3) is 5.91 Å². The normalized spacial score (nSPS) is 28.1. The van der Waals surface area contributed by atoms with Crippen molar-refractivity contribution in [1.29, 1.82) is 0 Å². The van der Waals surface area contributed by atoms with Gasteiger partial charge in [-0.3, -0.25) is 4.79 Å². The van der Waals surface area contributed by atoms with Gasteiger partial charge in [0.2, 0.25) is 0 Å². The zero-order chi connectivity index (χ0) is 23.5. The minimum atomic E-state index is -0.750. The lowest BCUT2D eigenvalue weighted by atomic mass is 9.54. The third-order valence-electron chi connectivity index (χ3n) is 7.43. The van der Waals surface area contributed by atoms with Gasteiger partial charge in [0.05, 0.1) is 0 Å². The number of nitrogens with zero attached hydrogens (tertiary/aromatic N) is 1. The largest absolute Gasteiger partial charge is 0.508 e. The Morgan fingerprint density at radius 1 is 1.06 bits per heavy atom. The van der Waals surface area contributed by atoms with Gasteiger partial charge in [0.1, 0.15) is 22.9 Å². The number of rotatable bonds is 3. The van der Waals surface area contributed by atoms with Crippen molar-refractivity contribution in [1.82, 2.24) is 9.88 Å². The zero-order valence-electron chi connectivity index (χ0n) is 19.3. The molecule has 176 valence electrons. The molecule has 0 aliphatic heterocycles. The summed E-state index contributed by atoms with van der Waals surface area (Å²) in [5.41, 5.74) is -0.0617. The summed E-state index contributed by atoms with van der Waals surface area (Å²) in [7, 11) is 0. The van der Waals surface area contributed by atoms with E-state index in [0.29, 0.717) is 17.4 Å². The summed E-state index contributed by atoms with van der Waals surface area (Å²) in [6.45, 7) is 5.26. The number of hydrogen-bond acceptors (Lipinski definition) is 4. The molecule has 1 aromatic carbocycles. The fraction of sp³-hybridized carbons (Fsp3) is 0.538. The van der Waals surface area contributed by atoms with Gasteiger partial charge in [0, 0.05) is 29.4 Å². The van der Waals surface area contributed by atoms with Gasteiger partial charge in [0.15, 0.2) is 0 Å². The van der Waals surface area contributed by atoms with Crippen LogP contribution in [0.25, 0.3) is 11.1 Å². The molecule has 4 saturated carbocycles. The number of carbonyl (C=O) groups excluding carboxylic acids is 2. The van der Waals surface area contributed by atoms with Crippen LogP contribution in [-0.4, -0.2) is 33.3 Å². The number of amides is 1. The van der Waals surface area contributed by atoms with Crippen LogP contribution in [0.3, 0.4) is 0 Å². The first-order valence-electron chi connectivity index (χ1n) is 11.8. The Labute approximate surface area is 193 Å². The molecule has 6 rings (SSSR count). The molecule has 1 amide bonds. The number of aromatic nitrogens is 1. The summed E-state index contributed by atoms with van der Waals surface area (Å²) in [4.78, 5) is 26.4. The van der Waals surface area contributed by atoms with Gasteiger partial charge in [-0.2, -0.15) is 0 Å². The average molecular weight is 455 g/mol. The maximum absolute atomic E-state index is 14.5. The fourth-order valence-electron chi connectivity index (χ4n) is 6.37. The van der Waals surface area contributed by atoms with Gasteiger partial charge < -0.3 is 15.2 Å². The van der Waals surface area contributed by atoms with Crippen LogP contribution in [-0.2, 0) is 4.74 Å². The smallest absolute Gasteiger partial charge is 0.419 e. The maximum atomic E-state index is 14.5. The van der Waals surface area contributed by atoms with Crippen molar-refractivity contribution in [2.45, 2.75) is 64.5 Å². The molecule has 1 aromatic heterocycles. The highest BCUT2D eigenvalue weighted by Gasteiger charge is 2.48.